The first-order valence-corrected chi connectivity index (χ1v) is 8.78. The Labute approximate surface area is 152 Å². The van der Waals surface area contributed by atoms with Crippen LogP contribution in [0.25, 0.3) is 5.69 Å². The quantitative estimate of drug-likeness (QED) is 0.530. The Morgan fingerprint density at radius 2 is 2.04 bits per heavy atom. The van der Waals surface area contributed by atoms with Gasteiger partial charge in [-0.2, -0.15) is 0 Å². The summed E-state index contributed by atoms with van der Waals surface area (Å²) in [6, 6.07) is 14.4. The lowest BCUT2D eigenvalue weighted by atomic mass is 10.2. The summed E-state index contributed by atoms with van der Waals surface area (Å²) in [5.41, 5.74) is 1.92. The molecule has 1 aromatic heterocycles. The van der Waals surface area contributed by atoms with E-state index in [0.29, 0.717) is 15.7 Å². The summed E-state index contributed by atoms with van der Waals surface area (Å²) < 4.78 is 6.37. The van der Waals surface area contributed by atoms with Crippen molar-refractivity contribution in [3.05, 3.63) is 69.5 Å². The monoisotopic (exact) mass is 376 g/mol. The maximum Gasteiger partial charge on any atom is 0.442 e. The zero-order chi connectivity index (χ0) is 17.8. The van der Waals surface area contributed by atoms with Crippen molar-refractivity contribution in [2.75, 3.05) is 11.1 Å². The predicted octanol–water partition coefficient (Wildman–Crippen LogP) is 2.94. The van der Waals surface area contributed by atoms with E-state index >= 15 is 0 Å². The molecular weight excluding hydrogens is 362 g/mol. The Bertz CT molecular complexity index is 950. The summed E-state index contributed by atoms with van der Waals surface area (Å²) in [6.45, 7) is 1.97. The van der Waals surface area contributed by atoms with Crippen LogP contribution in [0.1, 0.15) is 5.56 Å². The van der Waals surface area contributed by atoms with Crippen LogP contribution in [0.2, 0.25) is 5.02 Å². The van der Waals surface area contributed by atoms with Gasteiger partial charge >= 0.3 is 10.7 Å². The highest BCUT2D eigenvalue weighted by Gasteiger charge is 2.24. The second kappa shape index (κ2) is 7.58. The number of nitrogens with zero attached hydrogens (tertiary/aromatic N) is 1. The van der Waals surface area contributed by atoms with E-state index in [1.54, 1.807) is 24.3 Å². The molecule has 3 aromatic rings. The van der Waals surface area contributed by atoms with Crippen LogP contribution in [0.5, 0.6) is 0 Å². The van der Waals surface area contributed by atoms with Crippen molar-refractivity contribution < 1.29 is 14.0 Å². The van der Waals surface area contributed by atoms with Crippen LogP contribution >= 0.6 is 23.4 Å². The van der Waals surface area contributed by atoms with Gasteiger partial charge in [-0.3, -0.25) is 9.32 Å². The Morgan fingerprint density at radius 3 is 2.76 bits per heavy atom. The molecule has 0 saturated heterocycles. The molecule has 0 aliphatic rings. The van der Waals surface area contributed by atoms with E-state index in [1.165, 1.54) is 4.68 Å². The van der Waals surface area contributed by atoms with Crippen LogP contribution in [0.3, 0.4) is 0 Å². The summed E-state index contributed by atoms with van der Waals surface area (Å²) in [5, 5.41) is 6.12. The summed E-state index contributed by atoms with van der Waals surface area (Å²) in [5.74, 6) is -0.190. The number of halogens is 1. The minimum Gasteiger partial charge on any atom is -0.325 e. The smallest absolute Gasteiger partial charge is 0.325 e. The molecule has 8 heteroatoms. The van der Waals surface area contributed by atoms with Crippen LogP contribution in [-0.2, 0) is 4.79 Å². The number of hydrogen-bond donors (Lipinski definition) is 2. The van der Waals surface area contributed by atoms with Gasteiger partial charge in [0.15, 0.2) is 0 Å². The van der Waals surface area contributed by atoms with Crippen LogP contribution in [0.15, 0.2) is 62.9 Å². The van der Waals surface area contributed by atoms with E-state index in [9.17, 15) is 9.59 Å². The SMILES string of the molecule is Cc1ccc(-[n+]2[nH]oc(=O)c2SCC(=O)Nc2cccc(Cl)c2)cc1. The third-order valence-corrected chi connectivity index (χ3v) is 4.61. The van der Waals surface area contributed by atoms with Crippen molar-refractivity contribution in [2.24, 2.45) is 0 Å². The van der Waals surface area contributed by atoms with Crippen molar-refractivity contribution in [3.63, 3.8) is 0 Å². The number of aromatic nitrogens is 2. The maximum absolute atomic E-state index is 12.1. The number of carbonyl (C=O) groups is 1. The summed E-state index contributed by atoms with van der Waals surface area (Å²) in [7, 11) is 0. The zero-order valence-corrected chi connectivity index (χ0v) is 14.9. The third-order valence-electron chi connectivity index (χ3n) is 3.35. The molecule has 128 valence electrons. The molecule has 3 rings (SSSR count). The highest BCUT2D eigenvalue weighted by molar-refractivity contribution is 7.99. The number of amides is 1. The van der Waals surface area contributed by atoms with Gasteiger partial charge in [0, 0.05) is 22.8 Å². The second-order valence-electron chi connectivity index (χ2n) is 5.30. The molecule has 0 saturated carbocycles. The van der Waals surface area contributed by atoms with Gasteiger partial charge in [0.25, 0.3) is 0 Å². The van der Waals surface area contributed by atoms with Gasteiger partial charge < -0.3 is 5.32 Å². The van der Waals surface area contributed by atoms with Crippen molar-refractivity contribution in [1.29, 1.82) is 0 Å². The minimum absolute atomic E-state index is 0.0565. The lowest BCUT2D eigenvalue weighted by Crippen LogP contribution is -2.36. The number of rotatable bonds is 5. The molecule has 1 heterocycles. The van der Waals surface area contributed by atoms with Crippen LogP contribution in [0, 0.1) is 6.92 Å². The predicted molar refractivity (Wildman–Crippen MR) is 96.4 cm³/mol. The molecule has 2 N–H and O–H groups in total. The Hall–Kier alpha value is -2.51. The van der Waals surface area contributed by atoms with E-state index in [4.69, 9.17) is 16.1 Å². The normalized spacial score (nSPS) is 10.6. The molecule has 2 aromatic carbocycles. The number of anilines is 1. The number of benzene rings is 2. The second-order valence-corrected chi connectivity index (χ2v) is 6.70. The molecular formula is C17H15ClN3O3S+. The zero-order valence-electron chi connectivity index (χ0n) is 13.3. The summed E-state index contributed by atoms with van der Waals surface area (Å²) in [6.07, 6.45) is 0. The van der Waals surface area contributed by atoms with Crippen LogP contribution in [0.4, 0.5) is 5.69 Å². The number of H-pyrrole nitrogens is 1. The Morgan fingerprint density at radius 1 is 1.28 bits per heavy atom. The fourth-order valence-corrected chi connectivity index (χ4v) is 3.11. The summed E-state index contributed by atoms with van der Waals surface area (Å²) >= 11 is 6.98. The van der Waals surface area contributed by atoms with E-state index in [0.717, 1.165) is 23.0 Å². The van der Waals surface area contributed by atoms with E-state index in [-0.39, 0.29) is 11.7 Å². The number of aromatic amines is 1. The average Bonchev–Trinajstić information content (AvgIpc) is 2.94. The standard InChI is InChI=1S/C17H14ClN3O3S/c1-11-5-7-14(8-6-11)21-16(17(23)24-20-21)25-10-15(22)19-13-4-2-3-12(18)9-13/h2-9H,10H2,1H3,(H-,19,20,22,23)/p+1. The number of nitrogens with one attached hydrogen (secondary N) is 2. The first kappa shape index (κ1) is 17.3. The van der Waals surface area contributed by atoms with Crippen LogP contribution < -0.4 is 15.6 Å². The molecule has 0 bridgehead atoms. The molecule has 6 nitrogen and oxygen atoms in total. The fourth-order valence-electron chi connectivity index (χ4n) is 2.15. The first-order chi connectivity index (χ1) is 12.0. The minimum atomic E-state index is -0.527. The fraction of sp³-hybridized carbons (Fsp3) is 0.118. The van der Waals surface area contributed by atoms with Gasteiger partial charge in [-0.05, 0) is 46.8 Å². The maximum atomic E-state index is 12.1. The Kier molecular flexibility index (Phi) is 5.25. The van der Waals surface area contributed by atoms with Gasteiger partial charge in [0.05, 0.1) is 5.75 Å². The molecule has 0 unspecified atom stereocenters. The molecule has 0 atom stereocenters. The highest BCUT2D eigenvalue weighted by atomic mass is 35.5. The van der Waals surface area contributed by atoms with Crippen molar-refractivity contribution >= 4 is 35.0 Å². The van der Waals surface area contributed by atoms with E-state index in [2.05, 4.69) is 10.6 Å². The molecule has 25 heavy (non-hydrogen) atoms. The Balaban J connectivity index is 1.71. The topological polar surface area (TPSA) is 79.0 Å². The average molecular weight is 377 g/mol. The van der Waals surface area contributed by atoms with Gasteiger partial charge in [-0.15, -0.1) is 0 Å². The summed E-state index contributed by atoms with van der Waals surface area (Å²) in [4.78, 5) is 24.0. The van der Waals surface area contributed by atoms with Gasteiger partial charge in [0.2, 0.25) is 11.6 Å². The molecule has 0 aliphatic carbocycles. The number of thioether (sulfide) groups is 1. The largest absolute Gasteiger partial charge is 0.442 e. The molecule has 0 radical (unpaired) electrons. The van der Waals surface area contributed by atoms with E-state index < -0.39 is 5.63 Å². The number of aryl methyl sites for hydroxylation is 1. The van der Waals surface area contributed by atoms with Crippen molar-refractivity contribution in [3.8, 4) is 5.69 Å². The number of hydrogen-bond acceptors (Lipinski definition) is 4. The van der Waals surface area contributed by atoms with Crippen molar-refractivity contribution in [1.82, 2.24) is 5.27 Å². The molecule has 0 aliphatic heterocycles. The molecule has 0 fully saturated rings. The molecule has 1 amide bonds. The lowest BCUT2D eigenvalue weighted by molar-refractivity contribution is -0.704. The van der Waals surface area contributed by atoms with Gasteiger partial charge in [0.1, 0.15) is 0 Å². The third kappa shape index (κ3) is 4.32. The number of carbonyl (C=O) groups excluding carboxylic acids is 1. The highest BCUT2D eigenvalue weighted by Crippen LogP contribution is 2.16. The van der Waals surface area contributed by atoms with Gasteiger partial charge in [-0.1, -0.05) is 35.4 Å². The lowest BCUT2D eigenvalue weighted by Gasteiger charge is -2.03. The first-order valence-electron chi connectivity index (χ1n) is 7.42. The van der Waals surface area contributed by atoms with E-state index in [1.807, 2.05) is 31.2 Å². The molecule has 0 spiro atoms. The van der Waals surface area contributed by atoms with Crippen LogP contribution in [-0.4, -0.2) is 16.9 Å². The van der Waals surface area contributed by atoms with Crippen molar-refractivity contribution in [2.45, 2.75) is 11.9 Å². The van der Waals surface area contributed by atoms with Gasteiger partial charge in [-0.25, -0.2) is 4.79 Å².